The number of nitrogens with zero attached hydrogens (tertiary/aromatic N) is 4. The van der Waals surface area contributed by atoms with Crippen molar-refractivity contribution in [1.82, 2.24) is 14.9 Å². The molecule has 4 heterocycles. The van der Waals surface area contributed by atoms with E-state index in [2.05, 4.69) is 10.1 Å². The molecule has 0 aliphatic carbocycles. The average molecular weight is 535 g/mol. The predicted octanol–water partition coefficient (Wildman–Crippen LogP) is 5.35. The Morgan fingerprint density at radius 1 is 1.16 bits per heavy atom. The number of amides is 1. The number of hydrogen-bond donors (Lipinski definition) is 0. The highest BCUT2D eigenvalue weighted by Crippen LogP contribution is 2.36. The summed E-state index contributed by atoms with van der Waals surface area (Å²) < 4.78 is 58.5. The molecule has 0 saturated carbocycles. The van der Waals surface area contributed by atoms with Gasteiger partial charge in [-0.2, -0.15) is 13.2 Å². The molecule has 5 rings (SSSR count). The van der Waals surface area contributed by atoms with Crippen molar-refractivity contribution in [3.63, 3.8) is 0 Å². The molecule has 12 heteroatoms. The van der Waals surface area contributed by atoms with Gasteiger partial charge in [-0.1, -0.05) is 23.4 Å². The van der Waals surface area contributed by atoms with Crippen LogP contribution in [0.3, 0.4) is 0 Å². The van der Waals surface area contributed by atoms with Gasteiger partial charge in [0.15, 0.2) is 12.7 Å². The molecule has 2 aliphatic rings. The first-order valence-electron chi connectivity index (χ1n) is 11.7. The number of piperidine rings is 1. The minimum atomic E-state index is -4.62. The largest absolute Gasteiger partial charge is 0.467 e. The van der Waals surface area contributed by atoms with E-state index in [-0.39, 0.29) is 11.7 Å². The van der Waals surface area contributed by atoms with Crippen LogP contribution < -0.4 is 4.74 Å². The number of halogens is 4. The van der Waals surface area contributed by atoms with Gasteiger partial charge in [0.1, 0.15) is 22.1 Å². The normalized spacial score (nSPS) is 18.4. The zero-order valence-corrected chi connectivity index (χ0v) is 20.3. The van der Waals surface area contributed by atoms with E-state index in [4.69, 9.17) is 14.6 Å². The van der Waals surface area contributed by atoms with Gasteiger partial charge in [-0.05, 0) is 31.0 Å². The van der Waals surface area contributed by atoms with Gasteiger partial charge in [0.2, 0.25) is 5.88 Å². The van der Waals surface area contributed by atoms with Crippen LogP contribution in [0.4, 0.5) is 17.6 Å². The molecule has 194 valence electrons. The van der Waals surface area contributed by atoms with Crippen LogP contribution in [0.5, 0.6) is 5.88 Å². The molecule has 1 aromatic carbocycles. The second kappa shape index (κ2) is 10.4. The molecule has 0 bridgehead atoms. The first-order valence-corrected chi connectivity index (χ1v) is 12.5. The van der Waals surface area contributed by atoms with Gasteiger partial charge in [0, 0.05) is 42.6 Å². The summed E-state index contributed by atoms with van der Waals surface area (Å²) in [4.78, 5) is 27.9. The lowest BCUT2D eigenvalue weighted by atomic mass is 9.94. The maximum absolute atomic E-state index is 14.1. The van der Waals surface area contributed by atoms with Crippen molar-refractivity contribution in [3.8, 4) is 5.88 Å². The summed E-state index contributed by atoms with van der Waals surface area (Å²) in [6.07, 6.45) is -2.18. The summed E-state index contributed by atoms with van der Waals surface area (Å²) in [5, 5.41) is 6.80. The van der Waals surface area contributed by atoms with E-state index in [1.807, 2.05) is 5.38 Å². The molecule has 1 saturated heterocycles. The summed E-state index contributed by atoms with van der Waals surface area (Å²) in [6.45, 7) is 0.357. The number of hydrogen-bond acceptors (Lipinski definition) is 7. The topological polar surface area (TPSA) is 76.9 Å². The Kier molecular flexibility index (Phi) is 7.09. The van der Waals surface area contributed by atoms with Crippen molar-refractivity contribution in [3.05, 3.63) is 75.6 Å². The lowest BCUT2D eigenvalue weighted by Gasteiger charge is -2.31. The van der Waals surface area contributed by atoms with Crippen LogP contribution in [0, 0.1) is 5.82 Å². The van der Waals surface area contributed by atoms with E-state index in [9.17, 15) is 22.4 Å². The zero-order valence-electron chi connectivity index (χ0n) is 19.4. The molecule has 1 unspecified atom stereocenters. The Balaban J connectivity index is 1.13. The van der Waals surface area contributed by atoms with Crippen LogP contribution in [0.25, 0.3) is 0 Å². The Bertz CT molecular complexity index is 1300. The number of carbonyl (C=O) groups is 1. The van der Waals surface area contributed by atoms with Crippen LogP contribution >= 0.6 is 11.3 Å². The van der Waals surface area contributed by atoms with Crippen LogP contribution in [-0.4, -0.2) is 46.2 Å². The maximum atomic E-state index is 14.1. The van der Waals surface area contributed by atoms with Crippen LogP contribution in [-0.2, 0) is 15.8 Å². The molecule has 1 atom stereocenters. The molecule has 2 aromatic heterocycles. The standard InChI is InChI=1S/C25H22F4N4O3S/c26-18-6-2-1-4-16(18)21-12-19(32-36-21)24-31-20(14-37-24)15-7-10-33(11-8-15)22(34)13-35-23-17(25(27,28)29)5-3-9-30-23/h1-6,9,14-15,21H,7-8,10-13H2. The SMILES string of the molecule is O=C(COc1ncccc1C(F)(F)F)N1CCC(c2csc(C3=NOC(c4ccccc4F)C3)n2)CC1. The highest BCUT2D eigenvalue weighted by Gasteiger charge is 2.35. The highest BCUT2D eigenvalue weighted by molar-refractivity contribution is 7.11. The van der Waals surface area contributed by atoms with Crippen LogP contribution in [0.1, 0.15) is 53.1 Å². The van der Waals surface area contributed by atoms with Crippen molar-refractivity contribution in [2.75, 3.05) is 19.7 Å². The number of likely N-dealkylation sites (tertiary alicyclic amines) is 1. The number of benzene rings is 1. The van der Waals surface area contributed by atoms with Crippen molar-refractivity contribution in [2.24, 2.45) is 5.16 Å². The molecule has 3 aromatic rings. The quantitative estimate of drug-likeness (QED) is 0.399. The number of alkyl halides is 3. The molecule has 37 heavy (non-hydrogen) atoms. The van der Waals surface area contributed by atoms with Gasteiger partial charge in [0.25, 0.3) is 5.91 Å². The van der Waals surface area contributed by atoms with E-state index < -0.39 is 36.2 Å². The summed E-state index contributed by atoms with van der Waals surface area (Å²) >= 11 is 1.44. The third kappa shape index (κ3) is 5.58. The number of pyridine rings is 1. The fraction of sp³-hybridized carbons (Fsp3) is 0.360. The summed E-state index contributed by atoms with van der Waals surface area (Å²) in [5.74, 6) is -1.21. The fourth-order valence-electron chi connectivity index (χ4n) is 4.38. The molecule has 7 nitrogen and oxygen atoms in total. The molecular weight excluding hydrogens is 512 g/mol. The van der Waals surface area contributed by atoms with Gasteiger partial charge in [-0.3, -0.25) is 4.79 Å². The number of rotatable bonds is 6. The average Bonchev–Trinajstić information content (AvgIpc) is 3.58. The highest BCUT2D eigenvalue weighted by atomic mass is 32.1. The van der Waals surface area contributed by atoms with E-state index in [1.54, 1.807) is 23.1 Å². The lowest BCUT2D eigenvalue weighted by Crippen LogP contribution is -2.40. The Labute approximate surface area is 213 Å². The van der Waals surface area contributed by atoms with Gasteiger partial charge in [0.05, 0.1) is 5.69 Å². The number of carbonyl (C=O) groups excluding carboxylic acids is 1. The molecule has 2 aliphatic heterocycles. The molecule has 0 N–H and O–H groups in total. The minimum Gasteiger partial charge on any atom is -0.467 e. The number of thiazole rings is 1. The van der Waals surface area contributed by atoms with Gasteiger partial charge >= 0.3 is 6.18 Å². The first kappa shape index (κ1) is 25.1. The summed E-state index contributed by atoms with van der Waals surface area (Å²) in [5.41, 5.74) is 1.00. The molecule has 1 amide bonds. The first-order chi connectivity index (χ1) is 17.8. The number of aromatic nitrogens is 2. The van der Waals surface area contributed by atoms with Crippen molar-refractivity contribution in [2.45, 2.75) is 37.5 Å². The van der Waals surface area contributed by atoms with Gasteiger partial charge < -0.3 is 14.5 Å². The van der Waals surface area contributed by atoms with E-state index in [0.717, 1.165) is 16.8 Å². The minimum absolute atomic E-state index is 0.132. The smallest absolute Gasteiger partial charge is 0.421 e. The van der Waals surface area contributed by atoms with Gasteiger partial charge in [-0.15, -0.1) is 11.3 Å². The Morgan fingerprint density at radius 2 is 1.95 bits per heavy atom. The Morgan fingerprint density at radius 3 is 2.70 bits per heavy atom. The second-order valence-corrected chi connectivity index (χ2v) is 9.59. The fourth-order valence-corrected chi connectivity index (χ4v) is 5.27. The molecule has 0 spiro atoms. The second-order valence-electron chi connectivity index (χ2n) is 8.73. The van der Waals surface area contributed by atoms with Crippen molar-refractivity contribution in [1.29, 1.82) is 0 Å². The van der Waals surface area contributed by atoms with E-state index in [0.29, 0.717) is 43.6 Å². The third-order valence-electron chi connectivity index (χ3n) is 6.36. The molecule has 0 radical (unpaired) electrons. The van der Waals surface area contributed by atoms with E-state index >= 15 is 0 Å². The Hall–Kier alpha value is -3.54. The van der Waals surface area contributed by atoms with Crippen LogP contribution in [0.2, 0.25) is 0 Å². The monoisotopic (exact) mass is 534 g/mol. The van der Waals surface area contributed by atoms with Gasteiger partial charge in [-0.25, -0.2) is 14.4 Å². The third-order valence-corrected chi connectivity index (χ3v) is 7.27. The van der Waals surface area contributed by atoms with Crippen molar-refractivity contribution < 1.29 is 31.9 Å². The number of oxime groups is 1. The molecular formula is C25H22F4N4O3S. The predicted molar refractivity (Wildman–Crippen MR) is 127 cm³/mol. The lowest BCUT2D eigenvalue weighted by molar-refractivity contribution is -0.141. The van der Waals surface area contributed by atoms with E-state index in [1.165, 1.54) is 29.7 Å². The van der Waals surface area contributed by atoms with Crippen LogP contribution in [0.15, 0.2) is 53.1 Å². The molecule has 1 fully saturated rings. The summed E-state index contributed by atoms with van der Waals surface area (Å²) in [6, 6.07) is 8.47. The maximum Gasteiger partial charge on any atom is 0.421 e. The zero-order chi connectivity index (χ0) is 26.0. The summed E-state index contributed by atoms with van der Waals surface area (Å²) in [7, 11) is 0. The number of ether oxygens (including phenoxy) is 1. The van der Waals surface area contributed by atoms with Crippen molar-refractivity contribution >= 4 is 23.0 Å².